The van der Waals surface area contributed by atoms with Crippen LogP contribution in [0.4, 0.5) is 0 Å². The summed E-state index contributed by atoms with van der Waals surface area (Å²) in [4.78, 5) is 31.4. The normalized spacial score (nSPS) is 21.3. The first-order valence-electron chi connectivity index (χ1n) is 12.5. The summed E-state index contributed by atoms with van der Waals surface area (Å²) in [7, 11) is 0. The largest absolute Gasteiger partial charge is 0.404 e. The molecule has 1 fully saturated rings. The minimum Gasteiger partial charge on any atom is -0.404 e. The van der Waals surface area contributed by atoms with Gasteiger partial charge >= 0.3 is 0 Å². The van der Waals surface area contributed by atoms with Crippen molar-refractivity contribution < 1.29 is 9.59 Å². The third-order valence-electron chi connectivity index (χ3n) is 7.11. The smallest absolute Gasteiger partial charge is 0.254 e. The van der Waals surface area contributed by atoms with Gasteiger partial charge in [-0.25, -0.2) is 0 Å². The van der Waals surface area contributed by atoms with Crippen molar-refractivity contribution in [3.63, 3.8) is 0 Å². The molecule has 2 aliphatic rings. The Morgan fingerprint density at radius 3 is 2.50 bits per heavy atom. The molecule has 1 saturated heterocycles. The SMILES string of the molecule is CCN1C(=O)c2ccccc2C(C(=O)NCCCN2CCCC2)CC1/C(=C/N)c1ccccc1. The van der Waals surface area contributed by atoms with Crippen LogP contribution < -0.4 is 11.1 Å². The number of nitrogens with zero attached hydrogens (tertiary/aromatic N) is 2. The van der Waals surface area contributed by atoms with Crippen LogP contribution >= 0.6 is 0 Å². The van der Waals surface area contributed by atoms with E-state index in [-0.39, 0.29) is 17.9 Å². The fraction of sp³-hybridized carbons (Fsp3) is 0.429. The zero-order chi connectivity index (χ0) is 23.9. The number of hydrogen-bond donors (Lipinski definition) is 2. The Morgan fingerprint density at radius 1 is 1.09 bits per heavy atom. The van der Waals surface area contributed by atoms with E-state index in [9.17, 15) is 9.59 Å². The van der Waals surface area contributed by atoms with Crippen LogP contribution in [0, 0.1) is 0 Å². The Morgan fingerprint density at radius 2 is 1.79 bits per heavy atom. The van der Waals surface area contributed by atoms with E-state index >= 15 is 0 Å². The van der Waals surface area contributed by atoms with Crippen LogP contribution in [0.1, 0.15) is 60.0 Å². The molecule has 2 amide bonds. The molecule has 2 aromatic carbocycles. The van der Waals surface area contributed by atoms with E-state index in [0.29, 0.717) is 25.1 Å². The zero-order valence-corrected chi connectivity index (χ0v) is 20.1. The molecule has 2 atom stereocenters. The van der Waals surface area contributed by atoms with Gasteiger partial charge in [-0.3, -0.25) is 9.59 Å². The maximum Gasteiger partial charge on any atom is 0.254 e. The third kappa shape index (κ3) is 5.17. The van der Waals surface area contributed by atoms with Gasteiger partial charge < -0.3 is 20.9 Å². The van der Waals surface area contributed by atoms with Gasteiger partial charge in [0.1, 0.15) is 0 Å². The Bertz CT molecular complexity index is 1010. The highest BCUT2D eigenvalue weighted by molar-refractivity contribution is 6.00. The molecular weight excluding hydrogens is 424 g/mol. The molecule has 0 aromatic heterocycles. The fourth-order valence-electron chi connectivity index (χ4n) is 5.35. The number of likely N-dealkylation sites (tertiary alicyclic amines) is 1. The second kappa shape index (κ2) is 11.3. The van der Waals surface area contributed by atoms with Gasteiger partial charge in [-0.1, -0.05) is 48.5 Å². The first-order valence-corrected chi connectivity index (χ1v) is 12.5. The van der Waals surface area contributed by atoms with Crippen molar-refractivity contribution in [2.75, 3.05) is 32.7 Å². The predicted molar refractivity (Wildman–Crippen MR) is 136 cm³/mol. The molecule has 2 aromatic rings. The van der Waals surface area contributed by atoms with Crippen molar-refractivity contribution >= 4 is 17.4 Å². The van der Waals surface area contributed by atoms with Crippen molar-refractivity contribution in [3.05, 3.63) is 77.5 Å². The molecule has 0 bridgehead atoms. The molecule has 0 aliphatic carbocycles. The fourth-order valence-corrected chi connectivity index (χ4v) is 5.35. The summed E-state index contributed by atoms with van der Waals surface area (Å²) in [6, 6.07) is 17.1. The molecule has 0 spiro atoms. The number of fused-ring (bicyclic) bond motifs is 1. The number of hydrogen-bond acceptors (Lipinski definition) is 4. The molecule has 2 unspecified atom stereocenters. The van der Waals surface area contributed by atoms with Gasteiger partial charge in [-0.15, -0.1) is 0 Å². The number of amides is 2. The molecule has 34 heavy (non-hydrogen) atoms. The maximum absolute atomic E-state index is 13.6. The average molecular weight is 461 g/mol. The van der Waals surface area contributed by atoms with Crippen molar-refractivity contribution in [2.45, 2.75) is 44.6 Å². The highest BCUT2D eigenvalue weighted by atomic mass is 16.2. The van der Waals surface area contributed by atoms with E-state index < -0.39 is 5.92 Å². The average Bonchev–Trinajstić information content (AvgIpc) is 3.35. The zero-order valence-electron chi connectivity index (χ0n) is 20.1. The van der Waals surface area contributed by atoms with Crippen LogP contribution in [0.3, 0.4) is 0 Å². The third-order valence-corrected chi connectivity index (χ3v) is 7.11. The van der Waals surface area contributed by atoms with Crippen LogP contribution in [0.2, 0.25) is 0 Å². The molecule has 180 valence electrons. The number of rotatable bonds is 8. The van der Waals surface area contributed by atoms with E-state index in [1.165, 1.54) is 12.8 Å². The molecular formula is C28H36N4O2. The number of nitrogens with two attached hydrogens (primary N) is 1. The maximum atomic E-state index is 13.6. The summed E-state index contributed by atoms with van der Waals surface area (Å²) < 4.78 is 0. The van der Waals surface area contributed by atoms with Gasteiger partial charge in [0, 0.05) is 18.7 Å². The molecule has 0 saturated carbocycles. The lowest BCUT2D eigenvalue weighted by atomic mass is 9.86. The van der Waals surface area contributed by atoms with Crippen molar-refractivity contribution in [3.8, 4) is 0 Å². The lowest BCUT2D eigenvalue weighted by Gasteiger charge is -2.32. The Kier molecular flexibility index (Phi) is 8.01. The standard InChI is InChI=1S/C28H36N4O2/c1-2-32-26(25(20-29)21-11-4-3-5-12-21)19-24(22-13-6-7-14-23(22)28(32)34)27(33)30-15-10-18-31-16-8-9-17-31/h3-7,11-14,20,24,26H,2,8-10,15-19,29H2,1H3,(H,30,33)/b25-20+. The Hall–Kier alpha value is -3.12. The molecule has 6 nitrogen and oxygen atoms in total. The number of carbonyl (C=O) groups is 2. The highest BCUT2D eigenvalue weighted by Crippen LogP contribution is 2.37. The van der Waals surface area contributed by atoms with Gasteiger partial charge in [-0.2, -0.15) is 0 Å². The van der Waals surface area contributed by atoms with Gasteiger partial charge in [0.05, 0.1) is 12.0 Å². The summed E-state index contributed by atoms with van der Waals surface area (Å²) in [6.07, 6.45) is 5.56. The van der Waals surface area contributed by atoms with E-state index in [1.807, 2.05) is 66.4 Å². The molecule has 6 heteroatoms. The summed E-state index contributed by atoms with van der Waals surface area (Å²) in [6.45, 7) is 6.49. The number of nitrogens with one attached hydrogen (secondary N) is 1. The number of likely N-dealkylation sites (N-methyl/N-ethyl adjacent to an activating group) is 1. The van der Waals surface area contributed by atoms with Gasteiger partial charge in [-0.05, 0) is 81.2 Å². The molecule has 0 radical (unpaired) electrons. The van der Waals surface area contributed by atoms with Crippen molar-refractivity contribution in [2.24, 2.45) is 5.73 Å². The second-order valence-corrected chi connectivity index (χ2v) is 9.16. The van der Waals surface area contributed by atoms with E-state index in [1.54, 1.807) is 6.20 Å². The van der Waals surface area contributed by atoms with E-state index in [2.05, 4.69) is 10.2 Å². The minimum absolute atomic E-state index is 0.0194. The second-order valence-electron chi connectivity index (χ2n) is 9.16. The van der Waals surface area contributed by atoms with E-state index in [0.717, 1.165) is 42.8 Å². The molecule has 2 heterocycles. The van der Waals surface area contributed by atoms with E-state index in [4.69, 9.17) is 5.73 Å². The monoisotopic (exact) mass is 460 g/mol. The lowest BCUT2D eigenvalue weighted by molar-refractivity contribution is -0.122. The summed E-state index contributed by atoms with van der Waals surface area (Å²) in [5.41, 5.74) is 9.37. The number of carbonyl (C=O) groups excluding carboxylic acids is 2. The van der Waals surface area contributed by atoms with Crippen LogP contribution in [-0.2, 0) is 4.79 Å². The minimum atomic E-state index is -0.424. The Labute approximate surface area is 202 Å². The number of benzene rings is 2. The summed E-state index contributed by atoms with van der Waals surface area (Å²) in [5, 5.41) is 3.16. The summed E-state index contributed by atoms with van der Waals surface area (Å²) in [5.74, 6) is -0.496. The van der Waals surface area contributed by atoms with Crippen molar-refractivity contribution in [1.82, 2.24) is 15.1 Å². The highest BCUT2D eigenvalue weighted by Gasteiger charge is 2.38. The summed E-state index contributed by atoms with van der Waals surface area (Å²) >= 11 is 0. The van der Waals surface area contributed by atoms with Crippen LogP contribution in [0.15, 0.2) is 60.8 Å². The first-order chi connectivity index (χ1) is 16.6. The lowest BCUT2D eigenvalue weighted by Crippen LogP contribution is -2.41. The quantitative estimate of drug-likeness (QED) is 0.590. The first kappa shape index (κ1) is 24.0. The van der Waals surface area contributed by atoms with Crippen LogP contribution in [-0.4, -0.2) is 60.4 Å². The van der Waals surface area contributed by atoms with Gasteiger partial charge in [0.25, 0.3) is 5.91 Å². The molecule has 2 aliphatic heterocycles. The van der Waals surface area contributed by atoms with Crippen LogP contribution in [0.5, 0.6) is 0 Å². The predicted octanol–water partition coefficient (Wildman–Crippen LogP) is 3.61. The molecule has 4 rings (SSSR count). The van der Waals surface area contributed by atoms with Crippen molar-refractivity contribution in [1.29, 1.82) is 0 Å². The topological polar surface area (TPSA) is 78.7 Å². The van der Waals surface area contributed by atoms with Gasteiger partial charge in [0.15, 0.2) is 0 Å². The van der Waals surface area contributed by atoms with Crippen LogP contribution in [0.25, 0.3) is 5.57 Å². The van der Waals surface area contributed by atoms with Gasteiger partial charge in [0.2, 0.25) is 5.91 Å². The Balaban J connectivity index is 1.59. The molecule has 3 N–H and O–H groups in total.